The highest BCUT2D eigenvalue weighted by molar-refractivity contribution is 6.33. The van der Waals surface area contributed by atoms with Crippen LogP contribution in [0, 0.1) is 0 Å². The highest BCUT2D eigenvalue weighted by Gasteiger charge is 2.28. The Kier molecular flexibility index (Phi) is 6.35. The number of fused-ring (bicyclic) bond motifs is 4. The number of ether oxygens (including phenoxy) is 2. The average molecular weight is 503 g/mol. The molecule has 2 heterocycles. The molecule has 8 nitrogen and oxygen atoms in total. The van der Waals surface area contributed by atoms with Crippen molar-refractivity contribution in [2.45, 2.75) is 12.8 Å². The number of anilines is 1. The van der Waals surface area contributed by atoms with Crippen LogP contribution in [0.2, 0.25) is 5.02 Å². The molecule has 9 heteroatoms. The standard InChI is InChI=1S/C19H18N4O.C8H5ClO3/c1-21-13-9-7-12-8-10-15-17(19(20)24)22-23(18(15)16(12)11-13)14-5-3-2-4-6-14;9-6-2-8-7(11-4-12-8)1-5(6)3-10/h2-7,9,11,21H,8,10H2,1H3,(H2,20,24);1-3H,4H2. The second kappa shape index (κ2) is 9.75. The molecular formula is C27H23ClN4O4. The number of para-hydroxylation sites is 1. The second-order valence-electron chi connectivity index (χ2n) is 8.25. The molecule has 1 aromatic heterocycles. The summed E-state index contributed by atoms with van der Waals surface area (Å²) in [6, 6.07) is 19.3. The maximum absolute atomic E-state index is 11.9. The summed E-state index contributed by atoms with van der Waals surface area (Å²) in [6.45, 7) is 0.188. The zero-order valence-corrected chi connectivity index (χ0v) is 20.2. The van der Waals surface area contributed by atoms with E-state index >= 15 is 0 Å². The molecule has 0 bridgehead atoms. The van der Waals surface area contributed by atoms with Gasteiger partial charge in [0.25, 0.3) is 5.91 Å². The van der Waals surface area contributed by atoms with Gasteiger partial charge in [-0.1, -0.05) is 35.9 Å². The zero-order chi connectivity index (χ0) is 25.2. The minimum absolute atomic E-state index is 0.188. The van der Waals surface area contributed by atoms with Crippen molar-refractivity contribution < 1.29 is 19.1 Å². The smallest absolute Gasteiger partial charge is 0.269 e. The summed E-state index contributed by atoms with van der Waals surface area (Å²) in [5.74, 6) is 0.682. The Hall–Kier alpha value is -4.30. The molecule has 1 amide bonds. The third-order valence-electron chi connectivity index (χ3n) is 6.13. The van der Waals surface area contributed by atoms with Crippen LogP contribution in [0.3, 0.4) is 0 Å². The number of halogens is 1. The van der Waals surface area contributed by atoms with Gasteiger partial charge >= 0.3 is 0 Å². The number of nitrogens with two attached hydrogens (primary N) is 1. The van der Waals surface area contributed by atoms with E-state index in [0.717, 1.165) is 41.0 Å². The van der Waals surface area contributed by atoms with E-state index in [-0.39, 0.29) is 6.79 Å². The van der Waals surface area contributed by atoms with Crippen LogP contribution in [0.1, 0.15) is 32.0 Å². The lowest BCUT2D eigenvalue weighted by molar-refractivity contribution is 0.0993. The van der Waals surface area contributed by atoms with Gasteiger partial charge in [0, 0.05) is 35.5 Å². The lowest BCUT2D eigenvalue weighted by Gasteiger charge is -2.19. The molecule has 3 N–H and O–H groups in total. The topological polar surface area (TPSA) is 108 Å². The van der Waals surface area contributed by atoms with Gasteiger partial charge in [-0.2, -0.15) is 5.10 Å². The number of aldehydes is 1. The molecule has 6 rings (SSSR count). The summed E-state index contributed by atoms with van der Waals surface area (Å²) in [7, 11) is 1.90. The van der Waals surface area contributed by atoms with E-state index in [4.69, 9.17) is 26.8 Å². The van der Waals surface area contributed by atoms with E-state index in [1.165, 1.54) is 5.56 Å². The Bertz CT molecular complexity index is 1470. The zero-order valence-electron chi connectivity index (χ0n) is 19.5. The quantitative estimate of drug-likeness (QED) is 0.393. The van der Waals surface area contributed by atoms with Gasteiger partial charge in [-0.05, 0) is 48.7 Å². The summed E-state index contributed by atoms with van der Waals surface area (Å²) in [5, 5.41) is 8.10. The number of hydrogen-bond donors (Lipinski definition) is 2. The molecule has 0 saturated heterocycles. The maximum atomic E-state index is 11.9. The molecule has 0 unspecified atom stereocenters. The molecule has 36 heavy (non-hydrogen) atoms. The fourth-order valence-electron chi connectivity index (χ4n) is 4.37. The molecule has 4 aromatic rings. The van der Waals surface area contributed by atoms with Crippen molar-refractivity contribution in [2.75, 3.05) is 19.2 Å². The van der Waals surface area contributed by atoms with Crippen molar-refractivity contribution in [3.63, 3.8) is 0 Å². The summed E-state index contributed by atoms with van der Waals surface area (Å²) < 4.78 is 12.0. The summed E-state index contributed by atoms with van der Waals surface area (Å²) >= 11 is 5.74. The van der Waals surface area contributed by atoms with Gasteiger partial charge in [0.2, 0.25) is 6.79 Å². The SMILES string of the molecule is CNc1ccc2c(c1)-c1c(c(C(N)=O)nn1-c1ccccc1)CC2.O=Cc1cc2c(cc1Cl)OCO2. The Morgan fingerprint density at radius 3 is 2.53 bits per heavy atom. The molecule has 3 aromatic carbocycles. The molecule has 0 atom stereocenters. The molecule has 1 aliphatic carbocycles. The number of nitrogens with zero attached hydrogens (tertiary/aromatic N) is 2. The maximum Gasteiger partial charge on any atom is 0.269 e. The van der Waals surface area contributed by atoms with E-state index in [2.05, 4.69) is 28.6 Å². The first-order chi connectivity index (χ1) is 17.5. The van der Waals surface area contributed by atoms with Gasteiger partial charge in [-0.3, -0.25) is 9.59 Å². The van der Waals surface area contributed by atoms with Gasteiger partial charge in [0.1, 0.15) is 0 Å². The molecule has 0 radical (unpaired) electrons. The first-order valence-corrected chi connectivity index (χ1v) is 11.7. The number of benzene rings is 3. The molecular weight excluding hydrogens is 480 g/mol. The van der Waals surface area contributed by atoms with Gasteiger partial charge in [0.15, 0.2) is 23.5 Å². The Morgan fingerprint density at radius 2 is 1.83 bits per heavy atom. The van der Waals surface area contributed by atoms with E-state index < -0.39 is 5.91 Å². The number of carbonyl (C=O) groups is 2. The molecule has 0 fully saturated rings. The third-order valence-corrected chi connectivity index (χ3v) is 6.46. The highest BCUT2D eigenvalue weighted by Crippen LogP contribution is 2.38. The minimum Gasteiger partial charge on any atom is -0.454 e. The van der Waals surface area contributed by atoms with Gasteiger partial charge in [-0.15, -0.1) is 0 Å². The fourth-order valence-corrected chi connectivity index (χ4v) is 4.57. The number of rotatable bonds is 4. The number of hydrogen-bond acceptors (Lipinski definition) is 6. The third kappa shape index (κ3) is 4.27. The Morgan fingerprint density at radius 1 is 1.08 bits per heavy atom. The fraction of sp³-hybridized carbons (Fsp3) is 0.148. The number of nitrogens with one attached hydrogen (secondary N) is 1. The lowest BCUT2D eigenvalue weighted by Crippen LogP contribution is -2.15. The van der Waals surface area contributed by atoms with Crippen LogP contribution in [0.15, 0.2) is 60.7 Å². The van der Waals surface area contributed by atoms with Crippen molar-refractivity contribution in [1.82, 2.24) is 9.78 Å². The van der Waals surface area contributed by atoms with Gasteiger partial charge in [-0.25, -0.2) is 4.68 Å². The van der Waals surface area contributed by atoms with Crippen molar-refractivity contribution in [1.29, 1.82) is 0 Å². The summed E-state index contributed by atoms with van der Waals surface area (Å²) in [4.78, 5) is 22.3. The average Bonchev–Trinajstić information content (AvgIpc) is 3.53. The first-order valence-electron chi connectivity index (χ1n) is 11.3. The molecule has 0 saturated carbocycles. The van der Waals surface area contributed by atoms with E-state index in [1.807, 2.05) is 42.1 Å². The van der Waals surface area contributed by atoms with Crippen LogP contribution >= 0.6 is 11.6 Å². The van der Waals surface area contributed by atoms with E-state index in [1.54, 1.807) is 12.1 Å². The van der Waals surface area contributed by atoms with Crippen LogP contribution in [-0.2, 0) is 12.8 Å². The van der Waals surface area contributed by atoms with Gasteiger partial charge < -0.3 is 20.5 Å². The number of carbonyl (C=O) groups excluding carboxylic acids is 2. The van der Waals surface area contributed by atoms with E-state index in [9.17, 15) is 9.59 Å². The van der Waals surface area contributed by atoms with Crippen LogP contribution in [0.4, 0.5) is 5.69 Å². The normalized spacial score (nSPS) is 12.6. The molecule has 182 valence electrons. The lowest BCUT2D eigenvalue weighted by atomic mass is 9.88. The predicted octanol–water partition coefficient (Wildman–Crippen LogP) is 4.66. The first kappa shape index (κ1) is 23.4. The van der Waals surface area contributed by atoms with Crippen molar-refractivity contribution >= 4 is 29.5 Å². The number of primary amides is 1. The number of amides is 1. The summed E-state index contributed by atoms with van der Waals surface area (Å²) in [6.07, 6.45) is 2.34. The molecule has 2 aliphatic rings. The Labute approximate surface area is 212 Å². The van der Waals surface area contributed by atoms with Crippen LogP contribution in [-0.4, -0.2) is 35.8 Å². The highest BCUT2D eigenvalue weighted by atomic mass is 35.5. The van der Waals surface area contributed by atoms with Crippen molar-refractivity contribution in [3.05, 3.63) is 88.1 Å². The minimum atomic E-state index is -0.478. The second-order valence-corrected chi connectivity index (χ2v) is 8.66. The molecule has 0 spiro atoms. The number of aromatic nitrogens is 2. The molecule has 1 aliphatic heterocycles. The van der Waals surface area contributed by atoms with Crippen LogP contribution < -0.4 is 20.5 Å². The number of aryl methyl sites for hydroxylation is 1. The Balaban J connectivity index is 0.000000186. The van der Waals surface area contributed by atoms with Crippen LogP contribution in [0.25, 0.3) is 16.9 Å². The van der Waals surface area contributed by atoms with Crippen molar-refractivity contribution in [3.8, 4) is 28.4 Å². The van der Waals surface area contributed by atoms with Gasteiger partial charge in [0.05, 0.1) is 16.4 Å². The van der Waals surface area contributed by atoms with E-state index in [0.29, 0.717) is 34.1 Å². The largest absolute Gasteiger partial charge is 0.454 e. The predicted molar refractivity (Wildman–Crippen MR) is 137 cm³/mol. The summed E-state index contributed by atoms with van der Waals surface area (Å²) in [5.41, 5.74) is 12.6. The van der Waals surface area contributed by atoms with Crippen molar-refractivity contribution in [2.24, 2.45) is 5.73 Å². The van der Waals surface area contributed by atoms with Crippen LogP contribution in [0.5, 0.6) is 11.5 Å². The monoisotopic (exact) mass is 502 g/mol.